The number of hydrogen-bond donors (Lipinski definition) is 3. The van der Waals surface area contributed by atoms with Gasteiger partial charge in [-0.15, -0.1) is 0 Å². The number of hydrogen-bond acceptors (Lipinski definition) is 3. The second kappa shape index (κ2) is 7.12. The van der Waals surface area contributed by atoms with E-state index in [0.717, 1.165) is 25.2 Å². The van der Waals surface area contributed by atoms with Crippen molar-refractivity contribution in [2.45, 2.75) is 78.2 Å². The number of rotatable bonds is 0. The van der Waals surface area contributed by atoms with Crippen LogP contribution in [0.1, 0.15) is 76.8 Å². The van der Waals surface area contributed by atoms with E-state index in [1.54, 1.807) is 20.8 Å². The van der Waals surface area contributed by atoms with Gasteiger partial charge in [0, 0.05) is 0 Å². The molecule has 3 aliphatic carbocycles. The molecule has 0 aliphatic heterocycles. The highest BCUT2D eigenvalue weighted by Gasteiger charge is 2.54. The molecule has 0 amide bonds. The van der Waals surface area contributed by atoms with Crippen molar-refractivity contribution < 1.29 is 20.1 Å². The number of carboxylic acid groups (broad SMARTS) is 1. The summed E-state index contributed by atoms with van der Waals surface area (Å²) in [5.74, 6) is 1.73. The van der Waals surface area contributed by atoms with Crippen LogP contribution in [0.3, 0.4) is 0 Å². The van der Waals surface area contributed by atoms with Gasteiger partial charge in [0.1, 0.15) is 5.75 Å². The molecule has 0 aromatic heterocycles. The molecule has 2 saturated carbocycles. The van der Waals surface area contributed by atoms with Crippen molar-refractivity contribution in [3.63, 3.8) is 0 Å². The molecular weight excluding hydrogens is 340 g/mol. The largest absolute Gasteiger partial charge is 0.508 e. The van der Waals surface area contributed by atoms with Crippen molar-refractivity contribution >= 4 is 5.97 Å². The minimum atomic E-state index is -0.757. The maximum atomic E-state index is 10.4. The second-order valence-electron chi connectivity index (χ2n) is 9.99. The van der Waals surface area contributed by atoms with Crippen molar-refractivity contribution in [3.8, 4) is 5.75 Å². The number of phenolic OH excluding ortho intramolecular Hbond substituents is 1. The van der Waals surface area contributed by atoms with E-state index in [1.807, 2.05) is 12.1 Å². The Morgan fingerprint density at radius 1 is 1.15 bits per heavy atom. The summed E-state index contributed by atoms with van der Waals surface area (Å²) in [6, 6.07) is 5.96. The second-order valence-corrected chi connectivity index (χ2v) is 9.99. The van der Waals surface area contributed by atoms with E-state index >= 15 is 0 Å². The number of carbonyl (C=O) groups is 1. The van der Waals surface area contributed by atoms with E-state index < -0.39 is 11.4 Å². The number of aryl methyl sites for hydroxylation is 1. The molecule has 0 spiro atoms. The molecule has 3 N–H and O–H groups in total. The molecule has 0 radical (unpaired) electrons. The van der Waals surface area contributed by atoms with E-state index in [4.69, 9.17) is 5.11 Å². The number of benzene rings is 1. The normalized spacial score (nSPS) is 34.6. The average molecular weight is 375 g/mol. The molecule has 27 heavy (non-hydrogen) atoms. The maximum absolute atomic E-state index is 10.4. The van der Waals surface area contributed by atoms with Crippen molar-refractivity contribution in [1.82, 2.24) is 0 Å². The van der Waals surface area contributed by atoms with Gasteiger partial charge < -0.3 is 15.3 Å². The lowest BCUT2D eigenvalue weighted by atomic mass is 9.55. The predicted molar refractivity (Wildman–Crippen MR) is 106 cm³/mol. The molecule has 4 heteroatoms. The SMILES string of the molecule is CC(C)(C)C(=O)O.C[C@]12CC[C@@H]3c4ccc(O)cc4CC[C@@H]3[C@@H]1CC[C@@H]2O. The van der Waals surface area contributed by atoms with Gasteiger partial charge in [-0.3, -0.25) is 4.79 Å². The van der Waals surface area contributed by atoms with Gasteiger partial charge in [0.05, 0.1) is 11.5 Å². The lowest BCUT2D eigenvalue weighted by molar-refractivity contribution is -0.145. The Morgan fingerprint density at radius 3 is 2.44 bits per heavy atom. The molecule has 5 atom stereocenters. The Balaban J connectivity index is 0.000000260. The van der Waals surface area contributed by atoms with E-state index in [2.05, 4.69) is 13.0 Å². The monoisotopic (exact) mass is 374 g/mol. The maximum Gasteiger partial charge on any atom is 0.308 e. The van der Waals surface area contributed by atoms with Gasteiger partial charge in [-0.25, -0.2) is 0 Å². The van der Waals surface area contributed by atoms with E-state index in [1.165, 1.54) is 30.4 Å². The smallest absolute Gasteiger partial charge is 0.308 e. The van der Waals surface area contributed by atoms with E-state index in [9.17, 15) is 15.0 Å². The molecule has 0 saturated heterocycles. The van der Waals surface area contributed by atoms with Gasteiger partial charge in [0.15, 0.2) is 0 Å². The van der Waals surface area contributed by atoms with Crippen LogP contribution in [0.5, 0.6) is 5.75 Å². The molecule has 150 valence electrons. The van der Waals surface area contributed by atoms with Crippen LogP contribution in [0.25, 0.3) is 0 Å². The van der Waals surface area contributed by atoms with Crippen molar-refractivity contribution in [1.29, 1.82) is 0 Å². The molecule has 4 rings (SSSR count). The van der Waals surface area contributed by atoms with Crippen LogP contribution in [-0.2, 0) is 11.2 Å². The van der Waals surface area contributed by atoms with Crippen LogP contribution >= 0.6 is 0 Å². The summed E-state index contributed by atoms with van der Waals surface area (Å²) >= 11 is 0. The number of carboxylic acids is 1. The summed E-state index contributed by atoms with van der Waals surface area (Å²) in [6.07, 6.45) is 6.78. The Hall–Kier alpha value is -1.55. The van der Waals surface area contributed by atoms with Crippen LogP contribution in [0.4, 0.5) is 0 Å². The topological polar surface area (TPSA) is 77.8 Å². The van der Waals surface area contributed by atoms with Crippen LogP contribution in [0.15, 0.2) is 18.2 Å². The van der Waals surface area contributed by atoms with Gasteiger partial charge in [-0.05, 0) is 106 Å². The minimum absolute atomic E-state index is 0.0883. The van der Waals surface area contributed by atoms with Crippen molar-refractivity contribution in [2.24, 2.45) is 22.7 Å². The molecular formula is C23H34O4. The lowest BCUT2D eigenvalue weighted by Crippen LogP contribution is -2.43. The lowest BCUT2D eigenvalue weighted by Gasteiger charge is -2.50. The zero-order valence-corrected chi connectivity index (χ0v) is 17.0. The standard InChI is InChI=1S/C18H24O2.C5H10O2/c1-18-9-8-14-13-5-3-12(19)10-11(13)2-4-15(14)16(18)6-7-17(18)20;1-5(2,3)4(6)7/h3,5,10,14-17,19-20H,2,4,6-9H2,1H3;1-3H3,(H,6,7)/t14-,15+,16+,17+,18+;/m1./s1. The van der Waals surface area contributed by atoms with Gasteiger partial charge >= 0.3 is 5.97 Å². The third-order valence-electron chi connectivity index (χ3n) is 7.30. The predicted octanol–water partition coefficient (Wildman–Crippen LogP) is 4.73. The fourth-order valence-corrected chi connectivity index (χ4v) is 5.54. The minimum Gasteiger partial charge on any atom is -0.508 e. The molecule has 0 unspecified atom stereocenters. The van der Waals surface area contributed by atoms with Gasteiger partial charge in [-0.2, -0.15) is 0 Å². The molecule has 4 nitrogen and oxygen atoms in total. The summed E-state index contributed by atoms with van der Waals surface area (Å²) in [7, 11) is 0. The third-order valence-corrected chi connectivity index (χ3v) is 7.30. The van der Waals surface area contributed by atoms with Crippen molar-refractivity contribution in [2.75, 3.05) is 0 Å². The van der Waals surface area contributed by atoms with Gasteiger partial charge in [0.25, 0.3) is 0 Å². The zero-order valence-electron chi connectivity index (χ0n) is 17.0. The molecule has 0 bridgehead atoms. The van der Waals surface area contributed by atoms with Crippen LogP contribution in [-0.4, -0.2) is 27.4 Å². The van der Waals surface area contributed by atoms with Gasteiger partial charge in [0.2, 0.25) is 0 Å². The fraction of sp³-hybridized carbons (Fsp3) is 0.696. The highest BCUT2D eigenvalue weighted by molar-refractivity contribution is 5.72. The highest BCUT2D eigenvalue weighted by Crippen LogP contribution is 2.60. The summed E-state index contributed by atoms with van der Waals surface area (Å²) < 4.78 is 0. The van der Waals surface area contributed by atoms with Crippen LogP contribution in [0, 0.1) is 22.7 Å². The zero-order chi connectivity index (χ0) is 20.0. The molecule has 2 fully saturated rings. The Labute approximate surface area is 162 Å². The molecule has 0 heterocycles. The number of aliphatic carboxylic acids is 1. The Morgan fingerprint density at radius 2 is 1.81 bits per heavy atom. The first kappa shape index (κ1) is 20.2. The van der Waals surface area contributed by atoms with E-state index in [0.29, 0.717) is 17.6 Å². The Kier molecular flexibility index (Phi) is 5.33. The summed E-state index contributed by atoms with van der Waals surface area (Å²) in [5, 5.41) is 28.3. The molecule has 1 aromatic rings. The van der Waals surface area contributed by atoms with Crippen LogP contribution < -0.4 is 0 Å². The van der Waals surface area contributed by atoms with Crippen molar-refractivity contribution in [3.05, 3.63) is 29.3 Å². The first-order chi connectivity index (χ1) is 12.5. The number of fused-ring (bicyclic) bond motifs is 5. The fourth-order valence-electron chi connectivity index (χ4n) is 5.54. The first-order valence-corrected chi connectivity index (χ1v) is 10.3. The molecule has 1 aromatic carbocycles. The number of aliphatic hydroxyl groups excluding tert-OH is 1. The average Bonchev–Trinajstić information content (AvgIpc) is 2.89. The van der Waals surface area contributed by atoms with E-state index in [-0.39, 0.29) is 11.5 Å². The first-order valence-electron chi connectivity index (χ1n) is 10.3. The quantitative estimate of drug-likeness (QED) is 0.614. The van der Waals surface area contributed by atoms with Crippen LogP contribution in [0.2, 0.25) is 0 Å². The number of phenols is 1. The number of aliphatic hydroxyl groups is 1. The summed E-state index contributed by atoms with van der Waals surface area (Å²) in [4.78, 5) is 10.0. The Bertz CT molecular complexity index is 705. The number of aromatic hydroxyl groups is 1. The highest BCUT2D eigenvalue weighted by atomic mass is 16.4. The summed E-state index contributed by atoms with van der Waals surface area (Å²) in [6.45, 7) is 7.30. The summed E-state index contributed by atoms with van der Waals surface area (Å²) in [5.41, 5.74) is 2.41. The molecule has 3 aliphatic rings. The third kappa shape index (κ3) is 3.73. The van der Waals surface area contributed by atoms with Gasteiger partial charge in [-0.1, -0.05) is 13.0 Å².